The number of carbonyl (C=O) groups is 2. The largest absolute Gasteiger partial charge is 0.397 e. The summed E-state index contributed by atoms with van der Waals surface area (Å²) < 4.78 is 0. The second-order valence-electron chi connectivity index (χ2n) is 7.83. The van der Waals surface area contributed by atoms with E-state index < -0.39 is 0 Å². The molecule has 0 spiro atoms. The van der Waals surface area contributed by atoms with Crippen molar-refractivity contribution in [2.45, 2.75) is 12.8 Å². The van der Waals surface area contributed by atoms with Gasteiger partial charge in [-0.2, -0.15) is 0 Å². The zero-order valence-electron chi connectivity index (χ0n) is 17.3. The number of nitrogen functional groups attached to an aromatic ring is 1. The van der Waals surface area contributed by atoms with Crippen molar-refractivity contribution in [1.29, 1.82) is 0 Å². The molecule has 0 aliphatic carbocycles. The van der Waals surface area contributed by atoms with E-state index >= 15 is 0 Å². The third-order valence-electron chi connectivity index (χ3n) is 5.80. The molecular formula is C25H26N4O2. The van der Waals surface area contributed by atoms with Crippen LogP contribution in [0.5, 0.6) is 0 Å². The number of rotatable bonds is 5. The van der Waals surface area contributed by atoms with Gasteiger partial charge in [0, 0.05) is 30.3 Å². The molecule has 3 aromatic carbocycles. The summed E-state index contributed by atoms with van der Waals surface area (Å²) in [5, 5.41) is 2.93. The number of primary amides is 1. The number of nitrogens with one attached hydrogen (secondary N) is 1. The highest BCUT2D eigenvalue weighted by atomic mass is 16.2. The molecule has 5 N–H and O–H groups in total. The van der Waals surface area contributed by atoms with Gasteiger partial charge in [-0.15, -0.1) is 0 Å². The molecule has 158 valence electrons. The summed E-state index contributed by atoms with van der Waals surface area (Å²) in [7, 11) is 0. The lowest BCUT2D eigenvalue weighted by Crippen LogP contribution is -2.38. The fourth-order valence-electron chi connectivity index (χ4n) is 3.92. The van der Waals surface area contributed by atoms with Gasteiger partial charge in [0.25, 0.3) is 5.91 Å². The number of hydrogen-bond acceptors (Lipinski definition) is 4. The topological polar surface area (TPSA) is 101 Å². The fraction of sp³-hybridized carbons (Fsp3) is 0.200. The zero-order chi connectivity index (χ0) is 21.8. The minimum absolute atomic E-state index is 0.0431. The van der Waals surface area contributed by atoms with Crippen LogP contribution in [0.4, 0.5) is 17.1 Å². The highest BCUT2D eigenvalue weighted by Gasteiger charge is 2.23. The van der Waals surface area contributed by atoms with Gasteiger partial charge in [0.1, 0.15) is 0 Å². The Hall–Kier alpha value is -3.80. The molecule has 0 unspecified atom stereocenters. The first-order valence-corrected chi connectivity index (χ1v) is 10.4. The first kappa shape index (κ1) is 20.5. The minimum atomic E-state index is -0.220. The highest BCUT2D eigenvalue weighted by molar-refractivity contribution is 6.06. The molecule has 4 rings (SSSR count). The summed E-state index contributed by atoms with van der Waals surface area (Å²) in [5.74, 6) is -0.475. The van der Waals surface area contributed by atoms with Crippen molar-refractivity contribution >= 4 is 28.9 Å². The van der Waals surface area contributed by atoms with Crippen LogP contribution in [0.1, 0.15) is 23.2 Å². The molecule has 1 heterocycles. The third-order valence-corrected chi connectivity index (χ3v) is 5.80. The van der Waals surface area contributed by atoms with E-state index in [1.807, 2.05) is 66.7 Å². The van der Waals surface area contributed by atoms with Crippen LogP contribution in [0.2, 0.25) is 0 Å². The van der Waals surface area contributed by atoms with Crippen LogP contribution in [-0.2, 0) is 4.79 Å². The molecule has 31 heavy (non-hydrogen) atoms. The van der Waals surface area contributed by atoms with Gasteiger partial charge in [-0.05, 0) is 60.4 Å². The molecule has 0 bridgehead atoms. The van der Waals surface area contributed by atoms with Crippen molar-refractivity contribution in [2.75, 3.05) is 29.0 Å². The standard InChI is InChI=1S/C25H26N4O2/c26-22-11-8-20(17-4-2-1-3-5-17)16-23(22)28-25(31)19-6-9-21(10-7-19)29-14-12-18(13-15-29)24(27)30/h1-11,16,18H,12-15,26H2,(H2,27,30)(H,28,31). The predicted molar refractivity (Wildman–Crippen MR) is 125 cm³/mol. The van der Waals surface area contributed by atoms with Crippen molar-refractivity contribution in [3.05, 3.63) is 78.4 Å². The Morgan fingerprint density at radius 2 is 1.55 bits per heavy atom. The number of amides is 2. The SMILES string of the molecule is NC(=O)C1CCN(c2ccc(C(=O)Nc3cc(-c4ccccc4)ccc3N)cc2)CC1. The average molecular weight is 415 g/mol. The fourth-order valence-corrected chi connectivity index (χ4v) is 3.92. The van der Waals surface area contributed by atoms with Gasteiger partial charge in [-0.3, -0.25) is 9.59 Å². The Morgan fingerprint density at radius 1 is 0.871 bits per heavy atom. The summed E-state index contributed by atoms with van der Waals surface area (Å²) in [5.41, 5.74) is 16.2. The van der Waals surface area contributed by atoms with Gasteiger partial charge in [0.15, 0.2) is 0 Å². The van der Waals surface area contributed by atoms with Crippen LogP contribution in [0.3, 0.4) is 0 Å². The lowest BCUT2D eigenvalue weighted by atomic mass is 9.96. The zero-order valence-corrected chi connectivity index (χ0v) is 17.3. The third kappa shape index (κ3) is 4.69. The number of nitrogens with zero attached hydrogens (tertiary/aromatic N) is 1. The van der Waals surface area contributed by atoms with Crippen LogP contribution >= 0.6 is 0 Å². The van der Waals surface area contributed by atoms with Crippen LogP contribution in [0, 0.1) is 5.92 Å². The molecule has 1 saturated heterocycles. The molecule has 0 atom stereocenters. The maximum Gasteiger partial charge on any atom is 0.255 e. The first-order chi connectivity index (χ1) is 15.0. The second-order valence-corrected chi connectivity index (χ2v) is 7.83. The average Bonchev–Trinajstić information content (AvgIpc) is 2.81. The number of carbonyl (C=O) groups excluding carboxylic acids is 2. The van der Waals surface area contributed by atoms with Crippen molar-refractivity contribution < 1.29 is 9.59 Å². The van der Waals surface area contributed by atoms with E-state index in [2.05, 4.69) is 10.2 Å². The number of piperidine rings is 1. The van der Waals surface area contributed by atoms with Crippen LogP contribution in [0.25, 0.3) is 11.1 Å². The minimum Gasteiger partial charge on any atom is -0.397 e. The Morgan fingerprint density at radius 3 is 2.19 bits per heavy atom. The van der Waals surface area contributed by atoms with Gasteiger partial charge in [0.05, 0.1) is 11.4 Å². The Balaban J connectivity index is 1.44. The van der Waals surface area contributed by atoms with E-state index in [-0.39, 0.29) is 17.7 Å². The van der Waals surface area contributed by atoms with Gasteiger partial charge in [-0.1, -0.05) is 36.4 Å². The molecule has 6 heteroatoms. The number of benzene rings is 3. The van der Waals surface area contributed by atoms with Gasteiger partial charge in [0.2, 0.25) is 5.91 Å². The summed E-state index contributed by atoms with van der Waals surface area (Å²) in [6, 6.07) is 23.1. The monoisotopic (exact) mass is 414 g/mol. The Bertz CT molecular complexity index is 1070. The summed E-state index contributed by atoms with van der Waals surface area (Å²) in [6.07, 6.45) is 1.52. The quantitative estimate of drug-likeness (QED) is 0.551. The number of anilines is 3. The maximum atomic E-state index is 12.8. The molecular weight excluding hydrogens is 388 g/mol. The second kappa shape index (κ2) is 8.92. The van der Waals surface area contributed by atoms with Crippen LogP contribution in [0.15, 0.2) is 72.8 Å². The number of hydrogen-bond donors (Lipinski definition) is 3. The molecule has 1 aliphatic rings. The molecule has 3 aromatic rings. The van der Waals surface area contributed by atoms with Crippen molar-refractivity contribution in [3.63, 3.8) is 0 Å². The van der Waals surface area contributed by atoms with E-state index in [4.69, 9.17) is 11.5 Å². The van der Waals surface area contributed by atoms with Crippen LogP contribution in [-0.4, -0.2) is 24.9 Å². The van der Waals surface area contributed by atoms with E-state index in [0.29, 0.717) is 16.9 Å². The van der Waals surface area contributed by atoms with E-state index in [0.717, 1.165) is 42.7 Å². The van der Waals surface area contributed by atoms with Gasteiger partial charge in [-0.25, -0.2) is 0 Å². The molecule has 0 aromatic heterocycles. The lowest BCUT2D eigenvalue weighted by Gasteiger charge is -2.32. The lowest BCUT2D eigenvalue weighted by molar-refractivity contribution is -0.122. The molecule has 0 radical (unpaired) electrons. The van der Waals surface area contributed by atoms with Crippen molar-refractivity contribution in [1.82, 2.24) is 0 Å². The molecule has 1 aliphatic heterocycles. The van der Waals surface area contributed by atoms with Crippen molar-refractivity contribution in [2.24, 2.45) is 11.7 Å². The molecule has 6 nitrogen and oxygen atoms in total. The maximum absolute atomic E-state index is 12.8. The van der Waals surface area contributed by atoms with Gasteiger partial charge < -0.3 is 21.7 Å². The molecule has 0 saturated carbocycles. The predicted octanol–water partition coefficient (Wildman–Crippen LogP) is 3.89. The Kier molecular flexibility index (Phi) is 5.89. The van der Waals surface area contributed by atoms with Crippen molar-refractivity contribution in [3.8, 4) is 11.1 Å². The van der Waals surface area contributed by atoms with E-state index in [1.54, 1.807) is 6.07 Å². The Labute approximate surface area is 181 Å². The number of nitrogens with two attached hydrogens (primary N) is 2. The smallest absolute Gasteiger partial charge is 0.255 e. The molecule has 2 amide bonds. The van der Waals surface area contributed by atoms with Crippen LogP contribution < -0.4 is 21.7 Å². The summed E-state index contributed by atoms with van der Waals surface area (Å²) in [4.78, 5) is 26.3. The highest BCUT2D eigenvalue weighted by Crippen LogP contribution is 2.28. The van der Waals surface area contributed by atoms with E-state index in [9.17, 15) is 9.59 Å². The summed E-state index contributed by atoms with van der Waals surface area (Å²) >= 11 is 0. The van der Waals surface area contributed by atoms with Gasteiger partial charge >= 0.3 is 0 Å². The van der Waals surface area contributed by atoms with E-state index in [1.165, 1.54) is 0 Å². The normalized spacial score (nSPS) is 14.3. The molecule has 1 fully saturated rings. The first-order valence-electron chi connectivity index (χ1n) is 10.4. The summed E-state index contributed by atoms with van der Waals surface area (Å²) in [6.45, 7) is 1.56.